The molecule has 0 radical (unpaired) electrons. The number of likely N-dealkylation sites (tertiary alicyclic amines) is 1. The van der Waals surface area contributed by atoms with Gasteiger partial charge in [-0.1, -0.05) is 6.07 Å². The molecule has 1 fully saturated rings. The minimum atomic E-state index is -0.0515. The molecule has 156 valence electrons. The first kappa shape index (κ1) is 21.0. The molecule has 29 heavy (non-hydrogen) atoms. The van der Waals surface area contributed by atoms with Crippen LogP contribution in [0.1, 0.15) is 29.3 Å². The van der Waals surface area contributed by atoms with Crippen LogP contribution in [0.3, 0.4) is 0 Å². The maximum absolute atomic E-state index is 13.0. The summed E-state index contributed by atoms with van der Waals surface area (Å²) in [5.41, 5.74) is 7.17. The molecule has 2 aromatic carbocycles. The van der Waals surface area contributed by atoms with Crippen LogP contribution in [0.4, 0.5) is 0 Å². The standard InChI is InChI=1S/C22H28N2O5/c1-4-28-16-10-11-24(14-16)22(25)15-8-9-20(27-3)21(12-15)29-19-7-5-6-18(26-2)17(19)13-23/h5-9,12,16H,4,10-11,13-14,23H2,1-3H3. The summed E-state index contributed by atoms with van der Waals surface area (Å²) >= 11 is 0. The molecule has 0 aromatic heterocycles. The van der Waals surface area contributed by atoms with Crippen molar-refractivity contribution in [2.75, 3.05) is 33.9 Å². The minimum Gasteiger partial charge on any atom is -0.496 e. The molecule has 2 N–H and O–H groups in total. The quantitative estimate of drug-likeness (QED) is 0.733. The van der Waals surface area contributed by atoms with Crippen LogP contribution >= 0.6 is 0 Å². The van der Waals surface area contributed by atoms with E-state index in [0.717, 1.165) is 12.0 Å². The van der Waals surface area contributed by atoms with Gasteiger partial charge in [0.05, 0.1) is 25.9 Å². The summed E-state index contributed by atoms with van der Waals surface area (Å²) in [5, 5.41) is 0. The fourth-order valence-corrected chi connectivity index (χ4v) is 3.51. The molecule has 1 saturated heterocycles. The zero-order chi connectivity index (χ0) is 20.8. The predicted octanol–water partition coefficient (Wildman–Crippen LogP) is 3.21. The molecule has 0 bridgehead atoms. The molecule has 1 atom stereocenters. The first-order valence-corrected chi connectivity index (χ1v) is 9.74. The zero-order valence-electron chi connectivity index (χ0n) is 17.1. The smallest absolute Gasteiger partial charge is 0.254 e. The Labute approximate surface area is 171 Å². The number of carbonyl (C=O) groups excluding carboxylic acids is 1. The highest BCUT2D eigenvalue weighted by atomic mass is 16.5. The Morgan fingerprint density at radius 2 is 1.86 bits per heavy atom. The third-order valence-electron chi connectivity index (χ3n) is 4.98. The largest absolute Gasteiger partial charge is 0.496 e. The van der Waals surface area contributed by atoms with Crippen molar-refractivity contribution in [3.63, 3.8) is 0 Å². The van der Waals surface area contributed by atoms with E-state index in [1.165, 1.54) is 0 Å². The van der Waals surface area contributed by atoms with Crippen molar-refractivity contribution >= 4 is 5.91 Å². The molecule has 0 saturated carbocycles. The van der Waals surface area contributed by atoms with E-state index in [1.54, 1.807) is 32.4 Å². The molecule has 1 amide bonds. The molecule has 0 aliphatic carbocycles. The van der Waals surface area contributed by atoms with Crippen LogP contribution in [0.15, 0.2) is 36.4 Å². The fraction of sp³-hybridized carbons (Fsp3) is 0.409. The monoisotopic (exact) mass is 400 g/mol. The van der Waals surface area contributed by atoms with Gasteiger partial charge >= 0.3 is 0 Å². The number of ether oxygens (including phenoxy) is 4. The van der Waals surface area contributed by atoms with E-state index >= 15 is 0 Å². The predicted molar refractivity (Wildman–Crippen MR) is 110 cm³/mol. The summed E-state index contributed by atoms with van der Waals surface area (Å²) in [7, 11) is 3.15. The number of methoxy groups -OCH3 is 2. The molecule has 1 heterocycles. The van der Waals surface area contributed by atoms with Gasteiger partial charge in [0.1, 0.15) is 11.5 Å². The number of amides is 1. The van der Waals surface area contributed by atoms with Gasteiger partial charge < -0.3 is 29.6 Å². The number of nitrogens with two attached hydrogens (primary N) is 1. The second-order valence-electron chi connectivity index (χ2n) is 6.73. The van der Waals surface area contributed by atoms with Crippen molar-refractivity contribution in [2.45, 2.75) is 26.0 Å². The lowest BCUT2D eigenvalue weighted by Gasteiger charge is -2.19. The Morgan fingerprint density at radius 1 is 1.10 bits per heavy atom. The van der Waals surface area contributed by atoms with Crippen LogP contribution < -0.4 is 19.9 Å². The maximum atomic E-state index is 13.0. The van der Waals surface area contributed by atoms with Crippen LogP contribution in [0.2, 0.25) is 0 Å². The Kier molecular flexibility index (Phi) is 6.95. The second kappa shape index (κ2) is 9.62. The molecule has 1 unspecified atom stereocenters. The van der Waals surface area contributed by atoms with E-state index in [0.29, 0.717) is 48.3 Å². The van der Waals surface area contributed by atoms with Crippen LogP contribution in [0.5, 0.6) is 23.0 Å². The zero-order valence-corrected chi connectivity index (χ0v) is 17.1. The number of nitrogens with zero attached hydrogens (tertiary/aromatic N) is 1. The average molecular weight is 400 g/mol. The van der Waals surface area contributed by atoms with Gasteiger partial charge in [0.15, 0.2) is 11.5 Å². The average Bonchev–Trinajstić information content (AvgIpc) is 3.21. The van der Waals surface area contributed by atoms with Crippen LogP contribution in [0.25, 0.3) is 0 Å². The Bertz CT molecular complexity index is 855. The molecule has 7 heteroatoms. The van der Waals surface area contributed by atoms with Crippen LogP contribution in [0, 0.1) is 0 Å². The van der Waals surface area contributed by atoms with Crippen molar-refractivity contribution in [1.29, 1.82) is 0 Å². The summed E-state index contributed by atoms with van der Waals surface area (Å²) in [6.45, 7) is 4.15. The number of rotatable bonds is 8. The topological polar surface area (TPSA) is 83.2 Å². The van der Waals surface area contributed by atoms with Gasteiger partial charge in [-0.2, -0.15) is 0 Å². The molecule has 0 spiro atoms. The van der Waals surface area contributed by atoms with Crippen molar-refractivity contribution in [1.82, 2.24) is 4.90 Å². The molecule has 1 aliphatic rings. The number of benzene rings is 2. The van der Waals surface area contributed by atoms with Crippen molar-refractivity contribution in [3.05, 3.63) is 47.5 Å². The molecule has 7 nitrogen and oxygen atoms in total. The highest BCUT2D eigenvalue weighted by Crippen LogP contribution is 2.37. The van der Waals surface area contributed by atoms with E-state index in [4.69, 9.17) is 24.7 Å². The number of carbonyl (C=O) groups is 1. The first-order valence-electron chi connectivity index (χ1n) is 9.74. The van der Waals surface area contributed by atoms with E-state index in [2.05, 4.69) is 0 Å². The summed E-state index contributed by atoms with van der Waals surface area (Å²) in [6, 6.07) is 10.7. The minimum absolute atomic E-state index is 0.0515. The van der Waals surface area contributed by atoms with E-state index < -0.39 is 0 Å². The van der Waals surface area contributed by atoms with Gasteiger partial charge in [-0.3, -0.25) is 4.79 Å². The van der Waals surface area contributed by atoms with Crippen LogP contribution in [-0.2, 0) is 11.3 Å². The second-order valence-corrected chi connectivity index (χ2v) is 6.73. The van der Waals surface area contributed by atoms with Crippen LogP contribution in [-0.4, -0.2) is 50.8 Å². The molecule has 2 aromatic rings. The Hall–Kier alpha value is -2.77. The number of hydrogen-bond donors (Lipinski definition) is 1. The normalized spacial score (nSPS) is 16.0. The third-order valence-corrected chi connectivity index (χ3v) is 4.98. The maximum Gasteiger partial charge on any atom is 0.254 e. The fourth-order valence-electron chi connectivity index (χ4n) is 3.51. The van der Waals surface area contributed by atoms with Gasteiger partial charge in [0.25, 0.3) is 5.91 Å². The molecule has 1 aliphatic heterocycles. The molecular formula is C22H28N2O5. The van der Waals surface area contributed by atoms with Gasteiger partial charge in [-0.05, 0) is 43.7 Å². The SMILES string of the molecule is CCOC1CCN(C(=O)c2ccc(OC)c(Oc3cccc(OC)c3CN)c2)C1. The highest BCUT2D eigenvalue weighted by Gasteiger charge is 2.28. The van der Waals surface area contributed by atoms with Crippen molar-refractivity contribution < 1.29 is 23.7 Å². The van der Waals surface area contributed by atoms with Gasteiger partial charge in [0.2, 0.25) is 0 Å². The number of hydrogen-bond acceptors (Lipinski definition) is 6. The lowest BCUT2D eigenvalue weighted by atomic mass is 10.1. The highest BCUT2D eigenvalue weighted by molar-refractivity contribution is 5.95. The molecule has 3 rings (SSSR count). The van der Waals surface area contributed by atoms with Gasteiger partial charge in [-0.15, -0.1) is 0 Å². The van der Waals surface area contributed by atoms with Gasteiger partial charge in [0, 0.05) is 31.8 Å². The summed E-state index contributed by atoms with van der Waals surface area (Å²) in [4.78, 5) is 14.8. The van der Waals surface area contributed by atoms with Gasteiger partial charge in [-0.25, -0.2) is 0 Å². The lowest BCUT2D eigenvalue weighted by Crippen LogP contribution is -2.30. The summed E-state index contributed by atoms with van der Waals surface area (Å²) in [5.74, 6) is 2.13. The van der Waals surface area contributed by atoms with E-state index in [1.807, 2.05) is 30.0 Å². The summed E-state index contributed by atoms with van der Waals surface area (Å²) in [6.07, 6.45) is 0.949. The first-order chi connectivity index (χ1) is 14.1. The Balaban J connectivity index is 1.86. The van der Waals surface area contributed by atoms with Crippen molar-refractivity contribution in [3.8, 4) is 23.0 Å². The van der Waals surface area contributed by atoms with E-state index in [-0.39, 0.29) is 18.6 Å². The third kappa shape index (κ3) is 4.63. The lowest BCUT2D eigenvalue weighted by molar-refractivity contribution is 0.0598. The molecular weight excluding hydrogens is 372 g/mol. The Morgan fingerprint density at radius 3 is 2.55 bits per heavy atom. The van der Waals surface area contributed by atoms with E-state index in [9.17, 15) is 4.79 Å². The summed E-state index contributed by atoms with van der Waals surface area (Å²) < 4.78 is 22.5. The van der Waals surface area contributed by atoms with Crippen molar-refractivity contribution in [2.24, 2.45) is 5.73 Å².